The fraction of sp³-hybridized carbons (Fsp3) is 0.562. The number of Topliss-reactive ketones (excluding diaryl/α,β-unsaturated/α-hetero) is 1. The Morgan fingerprint density at radius 1 is 1.38 bits per heavy atom. The molecular formula is C16H19N3OS. The molecule has 0 aromatic rings. The number of nitrogens with one attached hydrogen (secondary N) is 1. The second kappa shape index (κ2) is 5.95. The average Bonchev–Trinajstić information content (AvgIpc) is 2.41. The number of carbonyl (C=O) groups excluding carboxylic acids is 1. The van der Waals surface area contributed by atoms with Crippen LogP contribution in [0.3, 0.4) is 0 Å². The molecule has 110 valence electrons. The van der Waals surface area contributed by atoms with E-state index in [-0.39, 0.29) is 17.1 Å². The van der Waals surface area contributed by atoms with E-state index in [1.807, 2.05) is 6.92 Å². The van der Waals surface area contributed by atoms with Crippen LogP contribution >= 0.6 is 11.8 Å². The highest BCUT2D eigenvalue weighted by Crippen LogP contribution is 2.44. The van der Waals surface area contributed by atoms with Gasteiger partial charge in [-0.15, -0.1) is 0 Å². The quantitative estimate of drug-likeness (QED) is 0.866. The molecule has 1 aliphatic carbocycles. The summed E-state index contributed by atoms with van der Waals surface area (Å²) in [6.07, 6.45) is 2.06. The highest BCUT2D eigenvalue weighted by molar-refractivity contribution is 8.03. The maximum atomic E-state index is 12.5. The summed E-state index contributed by atoms with van der Waals surface area (Å²) in [4.78, 5) is 12.5. The first-order valence-corrected chi connectivity index (χ1v) is 8.09. The molecule has 1 atom stereocenters. The first-order chi connectivity index (χ1) is 9.93. The normalized spacial score (nSPS) is 24.0. The van der Waals surface area contributed by atoms with Gasteiger partial charge in [-0.25, -0.2) is 0 Å². The molecule has 1 N–H and O–H groups in total. The number of ketones is 1. The zero-order chi connectivity index (χ0) is 15.6. The lowest BCUT2D eigenvalue weighted by Crippen LogP contribution is -2.37. The minimum atomic E-state index is -0.129. The summed E-state index contributed by atoms with van der Waals surface area (Å²) in [5.74, 6) is 0.318. The van der Waals surface area contributed by atoms with Gasteiger partial charge in [-0.05, 0) is 18.3 Å². The molecule has 2 rings (SSSR count). The Balaban J connectivity index is 2.44. The Morgan fingerprint density at radius 3 is 2.67 bits per heavy atom. The van der Waals surface area contributed by atoms with Crippen LogP contribution in [0, 0.1) is 34.0 Å². The highest BCUT2D eigenvalue weighted by Gasteiger charge is 2.40. The third kappa shape index (κ3) is 2.99. The third-order valence-corrected chi connectivity index (χ3v) is 4.82. The van der Waals surface area contributed by atoms with Crippen molar-refractivity contribution in [3.8, 4) is 12.1 Å². The largest absolute Gasteiger partial charge is 0.352 e. The lowest BCUT2D eigenvalue weighted by Gasteiger charge is -2.38. The summed E-state index contributed by atoms with van der Waals surface area (Å²) >= 11 is 1.35. The maximum Gasteiger partial charge on any atom is 0.161 e. The summed E-state index contributed by atoms with van der Waals surface area (Å²) in [5, 5.41) is 22.2. The zero-order valence-corrected chi connectivity index (χ0v) is 13.4. The molecular weight excluding hydrogens is 282 g/mol. The van der Waals surface area contributed by atoms with Crippen molar-refractivity contribution in [2.75, 3.05) is 5.75 Å². The van der Waals surface area contributed by atoms with Crippen molar-refractivity contribution in [3.05, 3.63) is 21.9 Å². The van der Waals surface area contributed by atoms with E-state index in [1.54, 1.807) is 0 Å². The summed E-state index contributed by atoms with van der Waals surface area (Å²) in [7, 11) is 0. The number of dihydropyridines is 1. The van der Waals surface area contributed by atoms with E-state index in [2.05, 4.69) is 31.3 Å². The lowest BCUT2D eigenvalue weighted by molar-refractivity contribution is -0.118. The van der Waals surface area contributed by atoms with Crippen molar-refractivity contribution in [3.63, 3.8) is 0 Å². The van der Waals surface area contributed by atoms with E-state index in [9.17, 15) is 10.1 Å². The second-order valence-corrected chi connectivity index (χ2v) is 7.21. The van der Waals surface area contributed by atoms with Crippen molar-refractivity contribution >= 4 is 17.5 Å². The number of carbonyl (C=O) groups is 1. The monoisotopic (exact) mass is 301 g/mol. The van der Waals surface area contributed by atoms with Gasteiger partial charge in [0.15, 0.2) is 5.78 Å². The fourth-order valence-corrected chi connectivity index (χ4v) is 3.86. The van der Waals surface area contributed by atoms with Gasteiger partial charge in [0.25, 0.3) is 0 Å². The van der Waals surface area contributed by atoms with E-state index < -0.39 is 0 Å². The zero-order valence-electron chi connectivity index (χ0n) is 12.6. The van der Waals surface area contributed by atoms with Gasteiger partial charge in [0.2, 0.25) is 0 Å². The molecule has 0 aromatic heterocycles. The molecule has 21 heavy (non-hydrogen) atoms. The molecule has 5 heteroatoms. The Kier molecular flexibility index (Phi) is 4.44. The number of nitrogens with zero attached hydrogens (tertiary/aromatic N) is 2. The van der Waals surface area contributed by atoms with Crippen molar-refractivity contribution in [2.45, 2.75) is 40.0 Å². The standard InChI is InChI=1S/C16H19N3OS/c1-4-10-11(9-18)15(21-6-5-17)19-12-7-16(2,3)8-13(20)14(10)12/h10,19H,4,6-8H2,1-3H3. The Morgan fingerprint density at radius 2 is 2.10 bits per heavy atom. The van der Waals surface area contributed by atoms with Crippen LogP contribution in [0.25, 0.3) is 0 Å². The van der Waals surface area contributed by atoms with Crippen LogP contribution in [-0.4, -0.2) is 11.5 Å². The predicted molar refractivity (Wildman–Crippen MR) is 82.7 cm³/mol. The first kappa shape index (κ1) is 15.7. The molecule has 0 fully saturated rings. The van der Waals surface area contributed by atoms with Crippen LogP contribution in [0.15, 0.2) is 21.9 Å². The van der Waals surface area contributed by atoms with Crippen molar-refractivity contribution in [1.29, 1.82) is 10.5 Å². The molecule has 0 spiro atoms. The number of allylic oxidation sites excluding steroid dienone is 3. The average molecular weight is 301 g/mol. The minimum Gasteiger partial charge on any atom is -0.352 e. The molecule has 1 heterocycles. The van der Waals surface area contributed by atoms with Crippen LogP contribution < -0.4 is 5.32 Å². The molecule has 0 aromatic carbocycles. The minimum absolute atomic E-state index is 0.0592. The Bertz CT molecular complexity index is 616. The Labute approximate surface area is 129 Å². The summed E-state index contributed by atoms with van der Waals surface area (Å²) in [5.41, 5.74) is 2.28. The number of hydrogen-bond donors (Lipinski definition) is 1. The number of hydrogen-bond acceptors (Lipinski definition) is 5. The number of rotatable bonds is 3. The van der Waals surface area contributed by atoms with Gasteiger partial charge in [0.1, 0.15) is 0 Å². The van der Waals surface area contributed by atoms with Crippen molar-refractivity contribution < 1.29 is 4.79 Å². The van der Waals surface area contributed by atoms with Gasteiger partial charge in [-0.2, -0.15) is 10.5 Å². The van der Waals surface area contributed by atoms with Crippen LogP contribution in [0.5, 0.6) is 0 Å². The van der Waals surface area contributed by atoms with E-state index in [0.717, 1.165) is 29.1 Å². The van der Waals surface area contributed by atoms with E-state index in [4.69, 9.17) is 5.26 Å². The van der Waals surface area contributed by atoms with Gasteiger partial charge in [0.05, 0.1) is 28.5 Å². The Hall–Kier alpha value is -1.72. The van der Waals surface area contributed by atoms with Crippen LogP contribution in [0.4, 0.5) is 0 Å². The SMILES string of the molecule is CCC1C(C#N)=C(SCC#N)NC2=C1C(=O)CC(C)(C)C2. The highest BCUT2D eigenvalue weighted by atomic mass is 32.2. The van der Waals surface area contributed by atoms with E-state index in [1.165, 1.54) is 11.8 Å². The van der Waals surface area contributed by atoms with E-state index >= 15 is 0 Å². The van der Waals surface area contributed by atoms with E-state index in [0.29, 0.717) is 17.7 Å². The smallest absolute Gasteiger partial charge is 0.161 e. The molecule has 0 saturated heterocycles. The number of nitriles is 2. The molecule has 1 unspecified atom stereocenters. The summed E-state index contributed by atoms with van der Waals surface area (Å²) in [6.45, 7) is 6.17. The van der Waals surface area contributed by atoms with Gasteiger partial charge < -0.3 is 5.32 Å². The van der Waals surface area contributed by atoms with Crippen LogP contribution in [0.1, 0.15) is 40.0 Å². The third-order valence-electron chi connectivity index (χ3n) is 3.94. The van der Waals surface area contributed by atoms with Crippen molar-refractivity contribution in [2.24, 2.45) is 11.3 Å². The van der Waals surface area contributed by atoms with Crippen LogP contribution in [-0.2, 0) is 4.79 Å². The fourth-order valence-electron chi connectivity index (χ4n) is 3.11. The molecule has 4 nitrogen and oxygen atoms in total. The topological polar surface area (TPSA) is 76.7 Å². The number of thioether (sulfide) groups is 1. The second-order valence-electron chi connectivity index (χ2n) is 6.22. The molecule has 0 amide bonds. The maximum absolute atomic E-state index is 12.5. The van der Waals surface area contributed by atoms with Gasteiger partial charge in [-0.1, -0.05) is 32.5 Å². The summed E-state index contributed by atoms with van der Waals surface area (Å²) < 4.78 is 0. The summed E-state index contributed by atoms with van der Waals surface area (Å²) in [6, 6.07) is 4.32. The van der Waals surface area contributed by atoms with Gasteiger partial charge >= 0.3 is 0 Å². The van der Waals surface area contributed by atoms with Crippen molar-refractivity contribution in [1.82, 2.24) is 5.32 Å². The van der Waals surface area contributed by atoms with Crippen LogP contribution in [0.2, 0.25) is 0 Å². The lowest BCUT2D eigenvalue weighted by atomic mass is 9.70. The predicted octanol–water partition coefficient (Wildman–Crippen LogP) is 3.25. The van der Waals surface area contributed by atoms with Gasteiger partial charge in [0, 0.05) is 23.6 Å². The molecule has 1 aliphatic heterocycles. The first-order valence-electron chi connectivity index (χ1n) is 7.10. The molecule has 2 aliphatic rings. The molecule has 0 radical (unpaired) electrons. The molecule has 0 bridgehead atoms. The molecule has 0 saturated carbocycles. The van der Waals surface area contributed by atoms with Gasteiger partial charge in [-0.3, -0.25) is 4.79 Å².